The fourth-order valence-electron chi connectivity index (χ4n) is 3.25. The zero-order chi connectivity index (χ0) is 18.1. The molecule has 140 valence electrons. The molecule has 1 aliphatic rings. The Bertz CT molecular complexity index is 543. The minimum atomic E-state index is 0.309. The standard InChI is InChI=1S/C20H33N3O2/c1-15-11-16(2)19(17(3)12-15)13-23-20(21-4)22-8-6-9-24-14-18-7-5-10-25-18/h11-12,18H,5-10,13-14H2,1-4H3,(H2,21,22,23). The molecule has 0 aromatic heterocycles. The first-order valence-corrected chi connectivity index (χ1v) is 9.30. The first kappa shape index (κ1) is 19.7. The fraction of sp³-hybridized carbons (Fsp3) is 0.650. The Morgan fingerprint density at radius 3 is 2.64 bits per heavy atom. The first-order chi connectivity index (χ1) is 12.1. The lowest BCUT2D eigenvalue weighted by molar-refractivity contribution is 0.0168. The molecule has 0 bridgehead atoms. The summed E-state index contributed by atoms with van der Waals surface area (Å²) in [6.07, 6.45) is 3.56. The number of benzene rings is 1. The lowest BCUT2D eigenvalue weighted by atomic mass is 10.00. The van der Waals surface area contributed by atoms with E-state index in [-0.39, 0.29) is 0 Å². The van der Waals surface area contributed by atoms with Crippen LogP contribution in [0, 0.1) is 20.8 Å². The van der Waals surface area contributed by atoms with Gasteiger partial charge in [-0.1, -0.05) is 17.7 Å². The monoisotopic (exact) mass is 347 g/mol. The summed E-state index contributed by atoms with van der Waals surface area (Å²) >= 11 is 0. The Kier molecular flexibility index (Phi) is 8.22. The molecule has 1 unspecified atom stereocenters. The molecule has 1 heterocycles. The van der Waals surface area contributed by atoms with Crippen LogP contribution in [0.15, 0.2) is 17.1 Å². The van der Waals surface area contributed by atoms with Crippen LogP contribution >= 0.6 is 0 Å². The van der Waals surface area contributed by atoms with E-state index in [1.165, 1.54) is 22.3 Å². The number of ether oxygens (including phenoxy) is 2. The Hall–Kier alpha value is -1.59. The second-order valence-electron chi connectivity index (χ2n) is 6.79. The van der Waals surface area contributed by atoms with Crippen molar-refractivity contribution >= 4 is 5.96 Å². The molecule has 0 amide bonds. The maximum Gasteiger partial charge on any atom is 0.191 e. The Balaban J connectivity index is 1.63. The molecule has 1 saturated heterocycles. The van der Waals surface area contributed by atoms with Gasteiger partial charge in [-0.15, -0.1) is 0 Å². The van der Waals surface area contributed by atoms with Gasteiger partial charge in [0.25, 0.3) is 0 Å². The lowest BCUT2D eigenvalue weighted by Gasteiger charge is -2.16. The van der Waals surface area contributed by atoms with Crippen molar-refractivity contribution in [2.24, 2.45) is 4.99 Å². The summed E-state index contributed by atoms with van der Waals surface area (Å²) in [4.78, 5) is 4.29. The zero-order valence-corrected chi connectivity index (χ0v) is 16.2. The van der Waals surface area contributed by atoms with Gasteiger partial charge in [-0.25, -0.2) is 0 Å². The number of aliphatic imine (C=N–C) groups is 1. The molecule has 2 rings (SSSR count). The van der Waals surface area contributed by atoms with E-state index in [2.05, 4.69) is 48.5 Å². The van der Waals surface area contributed by atoms with Crippen molar-refractivity contribution in [3.63, 3.8) is 0 Å². The average Bonchev–Trinajstić information content (AvgIpc) is 3.08. The van der Waals surface area contributed by atoms with Crippen LogP contribution in [0.1, 0.15) is 41.5 Å². The number of hydrogen-bond acceptors (Lipinski definition) is 3. The van der Waals surface area contributed by atoms with Crippen LogP contribution in [0.25, 0.3) is 0 Å². The minimum Gasteiger partial charge on any atom is -0.379 e. The highest BCUT2D eigenvalue weighted by atomic mass is 16.5. The van der Waals surface area contributed by atoms with Gasteiger partial charge in [-0.2, -0.15) is 0 Å². The lowest BCUT2D eigenvalue weighted by Crippen LogP contribution is -2.37. The van der Waals surface area contributed by atoms with Crippen molar-refractivity contribution in [2.45, 2.75) is 52.7 Å². The number of nitrogens with zero attached hydrogens (tertiary/aromatic N) is 1. The number of rotatable bonds is 8. The summed E-state index contributed by atoms with van der Waals surface area (Å²) in [6, 6.07) is 4.46. The van der Waals surface area contributed by atoms with Gasteiger partial charge >= 0.3 is 0 Å². The molecule has 5 heteroatoms. The molecule has 0 aliphatic carbocycles. The predicted molar refractivity (Wildman–Crippen MR) is 103 cm³/mol. The van der Waals surface area contributed by atoms with E-state index in [1.54, 1.807) is 7.05 Å². The van der Waals surface area contributed by atoms with Crippen molar-refractivity contribution in [3.05, 3.63) is 34.4 Å². The molecule has 1 fully saturated rings. The number of hydrogen-bond donors (Lipinski definition) is 2. The second kappa shape index (κ2) is 10.4. The second-order valence-corrected chi connectivity index (χ2v) is 6.79. The highest BCUT2D eigenvalue weighted by Gasteiger charge is 2.14. The van der Waals surface area contributed by atoms with Crippen LogP contribution in [0.5, 0.6) is 0 Å². The molecule has 25 heavy (non-hydrogen) atoms. The predicted octanol–water partition coefficient (Wildman–Crippen LogP) is 2.86. The normalized spacial score (nSPS) is 17.8. The van der Waals surface area contributed by atoms with Gasteiger partial charge in [0.1, 0.15) is 0 Å². The van der Waals surface area contributed by atoms with Gasteiger partial charge in [-0.3, -0.25) is 4.99 Å². The third kappa shape index (κ3) is 6.67. The smallest absolute Gasteiger partial charge is 0.191 e. The van der Waals surface area contributed by atoms with E-state index in [9.17, 15) is 0 Å². The Morgan fingerprint density at radius 2 is 2.00 bits per heavy atom. The third-order valence-electron chi connectivity index (χ3n) is 4.58. The van der Waals surface area contributed by atoms with E-state index in [4.69, 9.17) is 9.47 Å². The summed E-state index contributed by atoms with van der Waals surface area (Å²) in [5.41, 5.74) is 5.30. The third-order valence-corrected chi connectivity index (χ3v) is 4.58. The van der Waals surface area contributed by atoms with Crippen molar-refractivity contribution in [3.8, 4) is 0 Å². The highest BCUT2D eigenvalue weighted by molar-refractivity contribution is 5.79. The maximum absolute atomic E-state index is 5.68. The zero-order valence-electron chi connectivity index (χ0n) is 16.2. The van der Waals surface area contributed by atoms with Crippen LogP contribution in [-0.2, 0) is 16.0 Å². The largest absolute Gasteiger partial charge is 0.379 e. The summed E-state index contributed by atoms with van der Waals surface area (Å²) in [7, 11) is 1.80. The van der Waals surface area contributed by atoms with Crippen molar-refractivity contribution in [2.75, 3.05) is 33.4 Å². The van der Waals surface area contributed by atoms with Crippen LogP contribution in [0.4, 0.5) is 0 Å². The summed E-state index contributed by atoms with van der Waals surface area (Å²) < 4.78 is 11.2. The van der Waals surface area contributed by atoms with E-state index in [0.717, 1.165) is 58.1 Å². The van der Waals surface area contributed by atoms with E-state index in [0.29, 0.717) is 6.10 Å². The highest BCUT2D eigenvalue weighted by Crippen LogP contribution is 2.16. The summed E-state index contributed by atoms with van der Waals surface area (Å²) in [5.74, 6) is 0.832. The number of aryl methyl sites for hydroxylation is 3. The quantitative estimate of drug-likeness (QED) is 0.431. The molecule has 1 aromatic rings. The van der Waals surface area contributed by atoms with E-state index >= 15 is 0 Å². The van der Waals surface area contributed by atoms with Gasteiger partial charge in [-0.05, 0) is 56.7 Å². The van der Waals surface area contributed by atoms with Crippen molar-refractivity contribution < 1.29 is 9.47 Å². The molecule has 1 atom stereocenters. The van der Waals surface area contributed by atoms with E-state index in [1.807, 2.05) is 0 Å². The molecular weight excluding hydrogens is 314 g/mol. The molecule has 5 nitrogen and oxygen atoms in total. The topological polar surface area (TPSA) is 54.9 Å². The minimum absolute atomic E-state index is 0.309. The molecule has 0 spiro atoms. The first-order valence-electron chi connectivity index (χ1n) is 9.30. The molecule has 1 aromatic carbocycles. The van der Waals surface area contributed by atoms with E-state index < -0.39 is 0 Å². The van der Waals surface area contributed by atoms with Gasteiger partial charge in [0.2, 0.25) is 0 Å². The summed E-state index contributed by atoms with van der Waals surface area (Å²) in [6.45, 7) is 10.5. The van der Waals surface area contributed by atoms with Gasteiger partial charge < -0.3 is 20.1 Å². The van der Waals surface area contributed by atoms with Crippen LogP contribution in [0.2, 0.25) is 0 Å². The molecule has 0 radical (unpaired) electrons. The molecule has 2 N–H and O–H groups in total. The van der Waals surface area contributed by atoms with Crippen LogP contribution in [0.3, 0.4) is 0 Å². The molecule has 0 saturated carbocycles. The van der Waals surface area contributed by atoms with Crippen molar-refractivity contribution in [1.29, 1.82) is 0 Å². The van der Waals surface area contributed by atoms with Crippen LogP contribution < -0.4 is 10.6 Å². The number of nitrogens with one attached hydrogen (secondary N) is 2. The fourth-order valence-corrected chi connectivity index (χ4v) is 3.25. The van der Waals surface area contributed by atoms with Gasteiger partial charge in [0.15, 0.2) is 5.96 Å². The van der Waals surface area contributed by atoms with Gasteiger partial charge in [0, 0.05) is 33.4 Å². The van der Waals surface area contributed by atoms with Gasteiger partial charge in [0.05, 0.1) is 12.7 Å². The molecule has 1 aliphatic heterocycles. The summed E-state index contributed by atoms with van der Waals surface area (Å²) in [5, 5.41) is 6.75. The SMILES string of the molecule is CN=C(NCCCOCC1CCCO1)NCc1c(C)cc(C)cc1C. The van der Waals surface area contributed by atoms with Crippen LogP contribution in [-0.4, -0.2) is 45.5 Å². The number of guanidine groups is 1. The maximum atomic E-state index is 5.68. The molecular formula is C20H33N3O2. The Labute approximate surface area is 152 Å². The van der Waals surface area contributed by atoms with Crippen molar-refractivity contribution in [1.82, 2.24) is 10.6 Å². The average molecular weight is 348 g/mol. The Morgan fingerprint density at radius 1 is 1.24 bits per heavy atom.